The van der Waals surface area contributed by atoms with Crippen LogP contribution in [0, 0.1) is 18.4 Å². The van der Waals surface area contributed by atoms with Crippen molar-refractivity contribution in [3.8, 4) is 6.19 Å². The molecule has 1 aliphatic rings. The minimum Gasteiger partial charge on any atom is -0.463 e. The maximum absolute atomic E-state index is 12.3. The van der Waals surface area contributed by atoms with Crippen LogP contribution in [0.2, 0.25) is 0 Å². The third-order valence-electron chi connectivity index (χ3n) is 3.39. The van der Waals surface area contributed by atoms with Gasteiger partial charge in [0.15, 0.2) is 6.19 Å². The van der Waals surface area contributed by atoms with Crippen molar-refractivity contribution in [1.82, 2.24) is 10.6 Å². The maximum atomic E-state index is 12.3. The van der Waals surface area contributed by atoms with Crippen LogP contribution in [0.5, 0.6) is 0 Å². The summed E-state index contributed by atoms with van der Waals surface area (Å²) in [7, 11) is 0. The number of hydrogen-bond acceptors (Lipinski definition) is 6. The van der Waals surface area contributed by atoms with Gasteiger partial charge in [-0.1, -0.05) is 24.3 Å². The van der Waals surface area contributed by atoms with Gasteiger partial charge in [0, 0.05) is 5.70 Å². The second-order valence-corrected chi connectivity index (χ2v) is 4.86. The standard InChI is InChI=1S/C16H18N4O2/c1-4-22-15(21)13-11(3)19-16(18-9-17)20-14(13)12-8-6-5-7-10(12)2/h5-8,14H,4H2,1-3H3,(H2,18,19,20). The Balaban J connectivity index is 2.51. The van der Waals surface area contributed by atoms with Gasteiger partial charge in [0.05, 0.1) is 12.2 Å². The van der Waals surface area contributed by atoms with E-state index in [1.807, 2.05) is 37.4 Å². The number of aryl methyl sites for hydroxylation is 1. The molecule has 1 aliphatic heterocycles. The average molecular weight is 298 g/mol. The van der Waals surface area contributed by atoms with Gasteiger partial charge in [-0.05, 0) is 31.9 Å². The first-order chi connectivity index (χ1) is 10.6. The van der Waals surface area contributed by atoms with E-state index in [1.54, 1.807) is 13.8 Å². The lowest BCUT2D eigenvalue weighted by atomic mass is 9.93. The molecule has 0 radical (unpaired) electrons. The van der Waals surface area contributed by atoms with E-state index in [-0.39, 0.29) is 0 Å². The minimum atomic E-state index is -0.502. The van der Waals surface area contributed by atoms with Crippen molar-refractivity contribution in [1.29, 1.82) is 5.26 Å². The van der Waals surface area contributed by atoms with E-state index in [1.165, 1.54) is 0 Å². The van der Waals surface area contributed by atoms with Crippen LogP contribution in [0.4, 0.5) is 0 Å². The fraction of sp³-hybridized carbons (Fsp3) is 0.312. The van der Waals surface area contributed by atoms with Crippen LogP contribution in [0.25, 0.3) is 0 Å². The zero-order valence-electron chi connectivity index (χ0n) is 12.8. The molecule has 0 fully saturated rings. The van der Waals surface area contributed by atoms with Crippen molar-refractivity contribution >= 4 is 11.9 Å². The van der Waals surface area contributed by atoms with Crippen LogP contribution in [0.15, 0.2) is 40.5 Å². The molecule has 6 nitrogen and oxygen atoms in total. The number of guanidine groups is 1. The van der Waals surface area contributed by atoms with E-state index < -0.39 is 12.0 Å². The summed E-state index contributed by atoms with van der Waals surface area (Å²) < 4.78 is 5.15. The number of carbonyl (C=O) groups is 1. The molecule has 114 valence electrons. The normalized spacial score (nSPS) is 17.2. The van der Waals surface area contributed by atoms with Crippen molar-refractivity contribution < 1.29 is 9.53 Å². The molecular formula is C16H18N4O2. The summed E-state index contributed by atoms with van der Waals surface area (Å²) in [6, 6.07) is 7.21. The second kappa shape index (κ2) is 6.76. The number of nitriles is 1. The predicted octanol–water partition coefficient (Wildman–Crippen LogP) is 1.90. The Morgan fingerprint density at radius 2 is 2.18 bits per heavy atom. The van der Waals surface area contributed by atoms with Gasteiger partial charge in [-0.3, -0.25) is 5.32 Å². The first-order valence-corrected chi connectivity index (χ1v) is 7.01. The molecule has 2 rings (SSSR count). The molecule has 0 aromatic heterocycles. The van der Waals surface area contributed by atoms with Gasteiger partial charge in [0.2, 0.25) is 5.96 Å². The quantitative estimate of drug-likeness (QED) is 0.505. The highest BCUT2D eigenvalue weighted by Crippen LogP contribution is 2.32. The second-order valence-electron chi connectivity index (χ2n) is 4.86. The lowest BCUT2D eigenvalue weighted by Gasteiger charge is -2.26. The van der Waals surface area contributed by atoms with Crippen molar-refractivity contribution in [2.75, 3.05) is 6.61 Å². The molecule has 1 aromatic rings. The summed E-state index contributed by atoms with van der Waals surface area (Å²) in [6.07, 6.45) is 1.83. The molecule has 2 N–H and O–H groups in total. The highest BCUT2D eigenvalue weighted by atomic mass is 16.5. The van der Waals surface area contributed by atoms with Crippen LogP contribution in [-0.4, -0.2) is 18.5 Å². The van der Waals surface area contributed by atoms with Crippen LogP contribution >= 0.6 is 0 Å². The van der Waals surface area contributed by atoms with Crippen LogP contribution < -0.4 is 10.6 Å². The number of benzene rings is 1. The van der Waals surface area contributed by atoms with Gasteiger partial charge in [-0.15, -0.1) is 0 Å². The molecule has 1 atom stereocenters. The molecule has 6 heteroatoms. The van der Waals surface area contributed by atoms with Gasteiger partial charge in [0.1, 0.15) is 6.04 Å². The zero-order valence-corrected chi connectivity index (χ0v) is 12.8. The Morgan fingerprint density at radius 3 is 2.82 bits per heavy atom. The van der Waals surface area contributed by atoms with Crippen LogP contribution in [-0.2, 0) is 9.53 Å². The number of hydrogen-bond donors (Lipinski definition) is 2. The molecule has 0 bridgehead atoms. The first-order valence-electron chi connectivity index (χ1n) is 7.01. The van der Waals surface area contributed by atoms with Crippen LogP contribution in [0.3, 0.4) is 0 Å². The molecule has 1 aromatic carbocycles. The van der Waals surface area contributed by atoms with Crippen molar-refractivity contribution in [2.45, 2.75) is 26.8 Å². The topological polar surface area (TPSA) is 86.5 Å². The third-order valence-corrected chi connectivity index (χ3v) is 3.39. The molecule has 1 heterocycles. The summed E-state index contributed by atoms with van der Waals surface area (Å²) in [4.78, 5) is 16.7. The fourth-order valence-electron chi connectivity index (χ4n) is 2.38. The van der Waals surface area contributed by atoms with Crippen molar-refractivity contribution in [3.63, 3.8) is 0 Å². The minimum absolute atomic E-state index is 0.295. The predicted molar refractivity (Wildman–Crippen MR) is 82.6 cm³/mol. The smallest absolute Gasteiger partial charge is 0.338 e. The number of aliphatic imine (C=N–C) groups is 1. The highest BCUT2D eigenvalue weighted by Gasteiger charge is 2.30. The lowest BCUT2D eigenvalue weighted by Crippen LogP contribution is -2.39. The highest BCUT2D eigenvalue weighted by molar-refractivity contribution is 5.95. The number of rotatable bonds is 3. The van der Waals surface area contributed by atoms with E-state index in [0.29, 0.717) is 23.8 Å². The molecule has 0 saturated heterocycles. The molecule has 0 aliphatic carbocycles. The Morgan fingerprint density at radius 1 is 1.45 bits per heavy atom. The molecule has 0 spiro atoms. The maximum Gasteiger partial charge on any atom is 0.338 e. The Labute approximate surface area is 129 Å². The van der Waals surface area contributed by atoms with E-state index in [2.05, 4.69) is 15.6 Å². The summed E-state index contributed by atoms with van der Waals surface area (Å²) >= 11 is 0. The SMILES string of the molecule is CCOC(=O)C1=C(C)NC(NC#N)=NC1c1ccccc1C. The number of nitrogens with one attached hydrogen (secondary N) is 2. The van der Waals surface area contributed by atoms with E-state index >= 15 is 0 Å². The van der Waals surface area contributed by atoms with Crippen molar-refractivity contribution in [2.24, 2.45) is 4.99 Å². The molecule has 0 amide bonds. The third kappa shape index (κ3) is 3.09. The number of nitrogens with zero attached hydrogens (tertiary/aromatic N) is 2. The van der Waals surface area contributed by atoms with E-state index in [4.69, 9.17) is 10.00 Å². The van der Waals surface area contributed by atoms with E-state index in [9.17, 15) is 4.79 Å². The Hall–Kier alpha value is -2.81. The van der Waals surface area contributed by atoms with Gasteiger partial charge in [-0.25, -0.2) is 9.79 Å². The zero-order chi connectivity index (χ0) is 16.1. The summed E-state index contributed by atoms with van der Waals surface area (Å²) in [6.45, 7) is 5.79. The summed E-state index contributed by atoms with van der Waals surface area (Å²) in [5.74, 6) is -0.0817. The monoisotopic (exact) mass is 298 g/mol. The van der Waals surface area contributed by atoms with Gasteiger partial charge >= 0.3 is 5.97 Å². The average Bonchev–Trinajstić information content (AvgIpc) is 2.47. The van der Waals surface area contributed by atoms with Gasteiger partial charge < -0.3 is 10.1 Å². The summed E-state index contributed by atoms with van der Waals surface area (Å²) in [5.41, 5.74) is 3.01. The molecule has 1 unspecified atom stereocenters. The molecular weight excluding hydrogens is 280 g/mol. The number of carbonyl (C=O) groups excluding carboxylic acids is 1. The number of allylic oxidation sites excluding steroid dienone is 1. The molecule has 0 saturated carbocycles. The largest absolute Gasteiger partial charge is 0.463 e. The van der Waals surface area contributed by atoms with Crippen molar-refractivity contribution in [3.05, 3.63) is 46.7 Å². The Bertz CT molecular complexity index is 686. The molecule has 22 heavy (non-hydrogen) atoms. The summed E-state index contributed by atoms with van der Waals surface area (Å²) in [5, 5.41) is 14.2. The Kier molecular flexibility index (Phi) is 4.79. The fourth-order valence-corrected chi connectivity index (χ4v) is 2.38. The van der Waals surface area contributed by atoms with Gasteiger partial charge in [-0.2, -0.15) is 5.26 Å². The number of esters is 1. The van der Waals surface area contributed by atoms with E-state index in [0.717, 1.165) is 11.1 Å². The number of ether oxygens (including phenoxy) is 1. The first kappa shape index (κ1) is 15.6. The lowest BCUT2D eigenvalue weighted by molar-refractivity contribution is -0.138. The van der Waals surface area contributed by atoms with Crippen LogP contribution in [0.1, 0.15) is 31.0 Å². The van der Waals surface area contributed by atoms with Gasteiger partial charge in [0.25, 0.3) is 0 Å².